The first-order chi connectivity index (χ1) is 7.45. The van der Waals surface area contributed by atoms with E-state index in [9.17, 15) is 0 Å². The highest BCUT2D eigenvalue weighted by molar-refractivity contribution is 5.12. The zero-order valence-electron chi connectivity index (χ0n) is 8.63. The Morgan fingerprint density at radius 2 is 1.60 bits per heavy atom. The monoisotopic (exact) mass is 198 g/mol. The van der Waals surface area contributed by atoms with Crippen LogP contribution in [0.1, 0.15) is 17.5 Å². The molecule has 0 aliphatic carbocycles. The third-order valence-corrected chi connectivity index (χ3v) is 2.40. The molecule has 2 aromatic heterocycles. The SMILES string of the molecule is c1cncc(CCCc2ccncc2)c1. The molecule has 0 spiro atoms. The summed E-state index contributed by atoms with van der Waals surface area (Å²) in [6.07, 6.45) is 10.8. The molecule has 15 heavy (non-hydrogen) atoms. The van der Waals surface area contributed by atoms with Crippen LogP contribution in [0.3, 0.4) is 0 Å². The summed E-state index contributed by atoms with van der Waals surface area (Å²) >= 11 is 0. The lowest BCUT2D eigenvalue weighted by Gasteiger charge is -2.01. The van der Waals surface area contributed by atoms with Gasteiger partial charge in [0.25, 0.3) is 0 Å². The van der Waals surface area contributed by atoms with E-state index in [1.165, 1.54) is 11.1 Å². The summed E-state index contributed by atoms with van der Waals surface area (Å²) in [4.78, 5) is 8.10. The van der Waals surface area contributed by atoms with Gasteiger partial charge in [0.1, 0.15) is 0 Å². The Balaban J connectivity index is 1.81. The maximum Gasteiger partial charge on any atom is 0.0299 e. The van der Waals surface area contributed by atoms with Gasteiger partial charge in [-0.05, 0) is 48.6 Å². The maximum absolute atomic E-state index is 4.10. The standard InChI is InChI=1S/C13H14N2/c1(3-12-6-9-14-10-7-12)4-13-5-2-8-15-11-13/h2,5-11H,1,3-4H2. The van der Waals surface area contributed by atoms with Crippen LogP contribution in [0.4, 0.5) is 0 Å². The Kier molecular flexibility index (Phi) is 3.44. The topological polar surface area (TPSA) is 25.8 Å². The second-order valence-corrected chi connectivity index (χ2v) is 3.57. The van der Waals surface area contributed by atoms with E-state index >= 15 is 0 Å². The van der Waals surface area contributed by atoms with Gasteiger partial charge in [0, 0.05) is 24.8 Å². The van der Waals surface area contributed by atoms with Crippen LogP contribution in [0.25, 0.3) is 0 Å². The Hall–Kier alpha value is -1.70. The van der Waals surface area contributed by atoms with Crippen molar-refractivity contribution in [2.45, 2.75) is 19.3 Å². The van der Waals surface area contributed by atoms with Gasteiger partial charge in [0.05, 0.1) is 0 Å². The van der Waals surface area contributed by atoms with Crippen LogP contribution in [0.5, 0.6) is 0 Å². The minimum Gasteiger partial charge on any atom is -0.265 e. The van der Waals surface area contributed by atoms with Gasteiger partial charge in [0.15, 0.2) is 0 Å². The number of hydrogen-bond acceptors (Lipinski definition) is 2. The number of nitrogens with zero attached hydrogens (tertiary/aromatic N) is 2. The van der Waals surface area contributed by atoms with Gasteiger partial charge >= 0.3 is 0 Å². The molecule has 0 N–H and O–H groups in total. The molecule has 0 amide bonds. The Morgan fingerprint density at radius 3 is 2.33 bits per heavy atom. The molecule has 0 bridgehead atoms. The molecule has 0 aromatic carbocycles. The highest BCUT2D eigenvalue weighted by atomic mass is 14.6. The van der Waals surface area contributed by atoms with E-state index in [0.717, 1.165) is 19.3 Å². The Labute approximate surface area is 90.0 Å². The van der Waals surface area contributed by atoms with Crippen LogP contribution in [-0.2, 0) is 12.8 Å². The second kappa shape index (κ2) is 5.25. The Bertz CT molecular complexity index is 344. The molecule has 0 unspecified atom stereocenters. The molecule has 0 saturated heterocycles. The van der Waals surface area contributed by atoms with E-state index in [1.54, 1.807) is 0 Å². The van der Waals surface area contributed by atoms with E-state index in [0.29, 0.717) is 0 Å². The first-order valence-electron chi connectivity index (χ1n) is 5.23. The van der Waals surface area contributed by atoms with Crippen molar-refractivity contribution in [3.05, 3.63) is 60.2 Å². The highest BCUT2D eigenvalue weighted by Crippen LogP contribution is 2.06. The summed E-state index contributed by atoms with van der Waals surface area (Å²) < 4.78 is 0. The van der Waals surface area contributed by atoms with Crippen LogP contribution in [0, 0.1) is 0 Å². The predicted octanol–water partition coefficient (Wildman–Crippen LogP) is 2.65. The summed E-state index contributed by atoms with van der Waals surface area (Å²) in [5.74, 6) is 0. The van der Waals surface area contributed by atoms with E-state index in [-0.39, 0.29) is 0 Å². The fraction of sp³-hybridized carbons (Fsp3) is 0.231. The van der Waals surface area contributed by atoms with Gasteiger partial charge in [-0.15, -0.1) is 0 Å². The van der Waals surface area contributed by atoms with Crippen molar-refractivity contribution < 1.29 is 0 Å². The zero-order valence-corrected chi connectivity index (χ0v) is 8.63. The lowest BCUT2D eigenvalue weighted by Crippen LogP contribution is -1.90. The van der Waals surface area contributed by atoms with Crippen LogP contribution < -0.4 is 0 Å². The van der Waals surface area contributed by atoms with Crippen LogP contribution in [0.2, 0.25) is 0 Å². The minimum atomic E-state index is 1.09. The molecule has 76 valence electrons. The number of aryl methyl sites for hydroxylation is 2. The van der Waals surface area contributed by atoms with Crippen molar-refractivity contribution in [1.29, 1.82) is 0 Å². The quantitative estimate of drug-likeness (QED) is 0.754. The Morgan fingerprint density at radius 1 is 0.800 bits per heavy atom. The van der Waals surface area contributed by atoms with Crippen molar-refractivity contribution in [3.63, 3.8) is 0 Å². The fourth-order valence-electron chi connectivity index (χ4n) is 1.59. The van der Waals surface area contributed by atoms with Crippen molar-refractivity contribution in [3.8, 4) is 0 Å². The number of hydrogen-bond donors (Lipinski definition) is 0. The van der Waals surface area contributed by atoms with Gasteiger partial charge < -0.3 is 0 Å². The molecular weight excluding hydrogens is 184 g/mol. The molecule has 0 fully saturated rings. The van der Waals surface area contributed by atoms with Gasteiger partial charge in [-0.3, -0.25) is 9.97 Å². The molecule has 0 saturated carbocycles. The fourth-order valence-corrected chi connectivity index (χ4v) is 1.59. The third kappa shape index (κ3) is 3.17. The molecule has 2 rings (SSSR count). The lowest BCUT2D eigenvalue weighted by molar-refractivity contribution is 0.815. The summed E-state index contributed by atoms with van der Waals surface area (Å²) in [5.41, 5.74) is 2.67. The van der Waals surface area contributed by atoms with Crippen molar-refractivity contribution in [1.82, 2.24) is 9.97 Å². The second-order valence-electron chi connectivity index (χ2n) is 3.57. The normalized spacial score (nSPS) is 10.1. The van der Waals surface area contributed by atoms with E-state index in [2.05, 4.69) is 28.2 Å². The average Bonchev–Trinajstić information content (AvgIpc) is 2.32. The van der Waals surface area contributed by atoms with E-state index in [4.69, 9.17) is 0 Å². The molecule has 0 aliphatic rings. The van der Waals surface area contributed by atoms with E-state index in [1.807, 2.05) is 30.9 Å². The molecule has 2 heterocycles. The lowest BCUT2D eigenvalue weighted by atomic mass is 10.1. The summed E-state index contributed by atoms with van der Waals surface area (Å²) in [7, 11) is 0. The van der Waals surface area contributed by atoms with Crippen molar-refractivity contribution >= 4 is 0 Å². The smallest absolute Gasteiger partial charge is 0.0299 e. The number of rotatable bonds is 4. The molecule has 2 nitrogen and oxygen atoms in total. The maximum atomic E-state index is 4.10. The molecule has 2 aromatic rings. The minimum absolute atomic E-state index is 1.09. The van der Waals surface area contributed by atoms with Crippen molar-refractivity contribution in [2.24, 2.45) is 0 Å². The first kappa shape index (κ1) is 9.84. The van der Waals surface area contributed by atoms with Gasteiger partial charge in [-0.1, -0.05) is 6.07 Å². The number of aromatic nitrogens is 2. The molecular formula is C13H14N2. The van der Waals surface area contributed by atoms with Crippen molar-refractivity contribution in [2.75, 3.05) is 0 Å². The molecule has 2 heteroatoms. The van der Waals surface area contributed by atoms with E-state index < -0.39 is 0 Å². The summed E-state index contributed by atoms with van der Waals surface area (Å²) in [6.45, 7) is 0. The third-order valence-electron chi connectivity index (χ3n) is 2.40. The molecule has 0 radical (unpaired) electrons. The summed E-state index contributed by atoms with van der Waals surface area (Å²) in [5, 5.41) is 0. The van der Waals surface area contributed by atoms with Crippen LogP contribution in [-0.4, -0.2) is 9.97 Å². The predicted molar refractivity (Wildman–Crippen MR) is 60.5 cm³/mol. The van der Waals surface area contributed by atoms with Gasteiger partial charge in [-0.25, -0.2) is 0 Å². The first-order valence-corrected chi connectivity index (χ1v) is 5.23. The van der Waals surface area contributed by atoms with Gasteiger partial charge in [0.2, 0.25) is 0 Å². The average molecular weight is 198 g/mol. The summed E-state index contributed by atoms with van der Waals surface area (Å²) in [6, 6.07) is 8.26. The largest absolute Gasteiger partial charge is 0.265 e. The molecule has 0 atom stereocenters. The highest BCUT2D eigenvalue weighted by Gasteiger charge is 1.94. The van der Waals surface area contributed by atoms with Crippen LogP contribution in [0.15, 0.2) is 49.1 Å². The van der Waals surface area contributed by atoms with Gasteiger partial charge in [-0.2, -0.15) is 0 Å². The zero-order chi connectivity index (χ0) is 10.3. The number of pyridine rings is 2. The molecule has 0 aliphatic heterocycles. The van der Waals surface area contributed by atoms with Crippen LogP contribution >= 0.6 is 0 Å².